The normalized spacial score (nSPS) is 22.4. The summed E-state index contributed by atoms with van der Waals surface area (Å²) in [6.45, 7) is 8.27. The molecule has 0 unspecified atom stereocenters. The van der Waals surface area contributed by atoms with E-state index in [1.807, 2.05) is 0 Å². The summed E-state index contributed by atoms with van der Waals surface area (Å²) in [4.78, 5) is 0. The van der Waals surface area contributed by atoms with E-state index in [9.17, 15) is 10.2 Å². The van der Waals surface area contributed by atoms with Crippen LogP contribution >= 0.6 is 0 Å². The molecule has 5 atom stereocenters. The van der Waals surface area contributed by atoms with Gasteiger partial charge in [0.1, 0.15) is 24.4 Å². The second-order valence-corrected chi connectivity index (χ2v) is 13.0. The van der Waals surface area contributed by atoms with E-state index in [1.54, 1.807) is 0 Å². The molecule has 6 heteroatoms. The number of aliphatic hydroxyl groups is 2. The van der Waals surface area contributed by atoms with Crippen molar-refractivity contribution in [3.05, 3.63) is 0 Å². The highest BCUT2D eigenvalue weighted by atomic mass is 16.7. The van der Waals surface area contributed by atoms with Gasteiger partial charge in [-0.2, -0.15) is 0 Å². The predicted octanol–water partition coefficient (Wildman–Crippen LogP) is 9.66. The molecule has 2 N–H and O–H groups in total. The third-order valence-electron chi connectivity index (χ3n) is 8.94. The van der Waals surface area contributed by atoms with Crippen LogP contribution in [0.1, 0.15) is 181 Å². The standard InChI is InChI=1S/C37H74O6/c1-4-7-10-13-15-17-19-21-24-26-29-40-35-34(39)33(32-38)43-37(42-31-28-23-12-9-6-3)36(35)41-30-27-25-22-20-18-16-14-11-8-5-2/h33-39H,4-32H2,1-3H3/t33-,34-,35+,36-,37-/m1/s1. The smallest absolute Gasteiger partial charge is 0.186 e. The van der Waals surface area contributed by atoms with Gasteiger partial charge >= 0.3 is 0 Å². The minimum absolute atomic E-state index is 0.263. The fourth-order valence-corrected chi connectivity index (χ4v) is 6.07. The Bertz CT molecular complexity index is 561. The van der Waals surface area contributed by atoms with Crippen LogP contribution in [-0.2, 0) is 18.9 Å². The maximum absolute atomic E-state index is 11.1. The molecule has 43 heavy (non-hydrogen) atoms. The van der Waals surface area contributed by atoms with Gasteiger partial charge < -0.3 is 29.2 Å². The van der Waals surface area contributed by atoms with E-state index >= 15 is 0 Å². The molecular weight excluding hydrogens is 540 g/mol. The molecule has 0 aromatic carbocycles. The molecule has 0 radical (unpaired) electrons. The largest absolute Gasteiger partial charge is 0.394 e. The Labute approximate surface area is 267 Å². The summed E-state index contributed by atoms with van der Waals surface area (Å²) in [5.41, 5.74) is 0. The molecule has 1 fully saturated rings. The molecule has 1 saturated heterocycles. The van der Waals surface area contributed by atoms with Crippen LogP contribution in [0.2, 0.25) is 0 Å². The summed E-state index contributed by atoms with van der Waals surface area (Å²) < 4.78 is 24.9. The van der Waals surface area contributed by atoms with E-state index in [4.69, 9.17) is 18.9 Å². The van der Waals surface area contributed by atoms with Gasteiger partial charge in [-0.05, 0) is 19.3 Å². The first kappa shape index (κ1) is 40.8. The van der Waals surface area contributed by atoms with E-state index in [2.05, 4.69) is 20.8 Å². The molecule has 1 aliphatic rings. The Morgan fingerprint density at radius 3 is 1.14 bits per heavy atom. The quantitative estimate of drug-likeness (QED) is 0.0735. The third-order valence-corrected chi connectivity index (χ3v) is 8.94. The van der Waals surface area contributed by atoms with Crippen molar-refractivity contribution in [1.29, 1.82) is 0 Å². The highest BCUT2D eigenvalue weighted by Gasteiger charge is 2.47. The lowest BCUT2D eigenvalue weighted by Crippen LogP contribution is -2.61. The first-order valence-corrected chi connectivity index (χ1v) is 19.0. The number of hydrogen-bond donors (Lipinski definition) is 2. The molecule has 0 aromatic heterocycles. The fourth-order valence-electron chi connectivity index (χ4n) is 6.07. The van der Waals surface area contributed by atoms with Crippen molar-refractivity contribution in [2.45, 2.75) is 212 Å². The molecule has 0 aliphatic carbocycles. The van der Waals surface area contributed by atoms with Crippen molar-refractivity contribution in [3.8, 4) is 0 Å². The molecule has 0 saturated carbocycles. The SMILES string of the molecule is CCCCCCCCCCCCO[C@H]1[C@H](OCCCCCCC)O[C@H](CO)[C@@H](O)[C@@H]1OCCCCCCCCCCCC. The Balaban J connectivity index is 2.50. The molecule has 6 nitrogen and oxygen atoms in total. The van der Waals surface area contributed by atoms with Gasteiger partial charge in [-0.1, -0.05) is 162 Å². The van der Waals surface area contributed by atoms with E-state index in [1.165, 1.54) is 122 Å². The Kier molecular flexibility index (Phi) is 28.8. The Morgan fingerprint density at radius 1 is 0.442 bits per heavy atom. The van der Waals surface area contributed by atoms with Gasteiger partial charge in [0.25, 0.3) is 0 Å². The van der Waals surface area contributed by atoms with E-state index in [0.717, 1.165) is 38.5 Å². The van der Waals surface area contributed by atoms with Crippen LogP contribution in [0, 0.1) is 0 Å². The fraction of sp³-hybridized carbons (Fsp3) is 1.00. The van der Waals surface area contributed by atoms with Crippen molar-refractivity contribution in [1.82, 2.24) is 0 Å². The number of ether oxygens (including phenoxy) is 4. The van der Waals surface area contributed by atoms with Crippen LogP contribution in [0.3, 0.4) is 0 Å². The summed E-state index contributed by atoms with van der Waals surface area (Å²) in [6.07, 6.45) is 27.9. The zero-order valence-electron chi connectivity index (χ0n) is 28.9. The number of hydrogen-bond acceptors (Lipinski definition) is 6. The van der Waals surface area contributed by atoms with Gasteiger partial charge in [0.2, 0.25) is 0 Å². The van der Waals surface area contributed by atoms with Gasteiger partial charge in [0, 0.05) is 19.8 Å². The highest BCUT2D eigenvalue weighted by molar-refractivity contribution is 4.91. The summed E-state index contributed by atoms with van der Waals surface area (Å²) >= 11 is 0. The van der Waals surface area contributed by atoms with Crippen LogP contribution in [0.4, 0.5) is 0 Å². The lowest BCUT2D eigenvalue weighted by atomic mass is 9.98. The van der Waals surface area contributed by atoms with Crippen LogP contribution in [0.25, 0.3) is 0 Å². The highest BCUT2D eigenvalue weighted by Crippen LogP contribution is 2.28. The Morgan fingerprint density at radius 2 is 0.767 bits per heavy atom. The molecule has 1 rings (SSSR count). The average Bonchev–Trinajstić information content (AvgIpc) is 3.02. The Hall–Kier alpha value is -0.240. The minimum atomic E-state index is -0.935. The second kappa shape index (κ2) is 30.4. The minimum Gasteiger partial charge on any atom is -0.394 e. The first-order chi connectivity index (χ1) is 21.2. The summed E-state index contributed by atoms with van der Waals surface area (Å²) in [5, 5.41) is 21.0. The first-order valence-electron chi connectivity index (χ1n) is 19.0. The molecular formula is C37H74O6. The molecule has 258 valence electrons. The van der Waals surface area contributed by atoms with Crippen molar-refractivity contribution in [2.24, 2.45) is 0 Å². The summed E-state index contributed by atoms with van der Waals surface area (Å²) in [6, 6.07) is 0. The van der Waals surface area contributed by atoms with Gasteiger partial charge in [-0.25, -0.2) is 0 Å². The zero-order valence-corrected chi connectivity index (χ0v) is 28.9. The second-order valence-electron chi connectivity index (χ2n) is 13.0. The number of rotatable bonds is 32. The van der Waals surface area contributed by atoms with Crippen molar-refractivity contribution in [2.75, 3.05) is 26.4 Å². The van der Waals surface area contributed by atoms with Gasteiger partial charge in [-0.3, -0.25) is 0 Å². The molecule has 0 bridgehead atoms. The van der Waals surface area contributed by atoms with Crippen molar-refractivity contribution >= 4 is 0 Å². The van der Waals surface area contributed by atoms with Gasteiger partial charge in [0.15, 0.2) is 6.29 Å². The van der Waals surface area contributed by atoms with Crippen molar-refractivity contribution < 1.29 is 29.2 Å². The summed E-state index contributed by atoms with van der Waals surface area (Å²) in [5.74, 6) is 0. The predicted molar refractivity (Wildman–Crippen MR) is 180 cm³/mol. The number of unbranched alkanes of at least 4 members (excludes halogenated alkanes) is 22. The zero-order chi connectivity index (χ0) is 31.2. The van der Waals surface area contributed by atoms with E-state index in [-0.39, 0.29) is 6.61 Å². The van der Waals surface area contributed by atoms with Crippen LogP contribution in [0.5, 0.6) is 0 Å². The molecule has 0 amide bonds. The summed E-state index contributed by atoms with van der Waals surface area (Å²) in [7, 11) is 0. The third kappa shape index (κ3) is 21.2. The maximum Gasteiger partial charge on any atom is 0.186 e. The monoisotopic (exact) mass is 615 g/mol. The molecule has 0 aromatic rings. The van der Waals surface area contributed by atoms with Gasteiger partial charge in [0.05, 0.1) is 6.61 Å². The molecule has 1 heterocycles. The maximum atomic E-state index is 11.1. The lowest BCUT2D eigenvalue weighted by Gasteiger charge is -2.43. The van der Waals surface area contributed by atoms with E-state index in [0.29, 0.717) is 19.8 Å². The molecule has 1 aliphatic heterocycles. The van der Waals surface area contributed by atoms with Gasteiger partial charge in [-0.15, -0.1) is 0 Å². The molecule has 0 spiro atoms. The van der Waals surface area contributed by atoms with Crippen LogP contribution in [0.15, 0.2) is 0 Å². The van der Waals surface area contributed by atoms with Crippen LogP contribution < -0.4 is 0 Å². The topological polar surface area (TPSA) is 77.4 Å². The number of aliphatic hydroxyl groups excluding tert-OH is 2. The lowest BCUT2D eigenvalue weighted by molar-refractivity contribution is -0.316. The van der Waals surface area contributed by atoms with Crippen molar-refractivity contribution in [3.63, 3.8) is 0 Å². The van der Waals surface area contributed by atoms with E-state index < -0.39 is 30.7 Å². The average molecular weight is 615 g/mol. The van der Waals surface area contributed by atoms with Crippen LogP contribution in [-0.4, -0.2) is 67.3 Å².